The average molecular weight is 504 g/mol. The summed E-state index contributed by atoms with van der Waals surface area (Å²) >= 11 is 19.5. The highest BCUT2D eigenvalue weighted by Crippen LogP contribution is 2.40. The number of carbonyl (C=O) groups is 2. The van der Waals surface area contributed by atoms with Crippen molar-refractivity contribution >= 4 is 69.8 Å². The van der Waals surface area contributed by atoms with Crippen molar-refractivity contribution in [2.75, 3.05) is 10.2 Å². The molecule has 3 aromatic carbocycles. The first-order valence-corrected chi connectivity index (χ1v) is 11.6. The molecular formula is C24H17Cl3N2O2S. The van der Waals surface area contributed by atoms with Crippen molar-refractivity contribution in [2.45, 2.75) is 18.7 Å². The lowest BCUT2D eigenvalue weighted by Gasteiger charge is -2.17. The summed E-state index contributed by atoms with van der Waals surface area (Å²) in [6, 6.07) is 17.5. The number of benzene rings is 3. The van der Waals surface area contributed by atoms with Gasteiger partial charge in [-0.3, -0.25) is 9.59 Å². The Morgan fingerprint density at radius 3 is 2.22 bits per heavy atom. The molecule has 0 saturated carbocycles. The van der Waals surface area contributed by atoms with Gasteiger partial charge in [0.2, 0.25) is 0 Å². The second-order valence-corrected chi connectivity index (χ2v) is 9.54. The van der Waals surface area contributed by atoms with E-state index >= 15 is 0 Å². The standard InChI is InChI=1S/C24H17Cl3N2O2S/c1-13-4-3-5-19(14(13)2)28-21-22(32-17-9-6-15(25)7-10-17)24(31)29(23(21)30)20-11-8-16(26)12-18(20)27/h3-12,28H,1-2H3. The van der Waals surface area contributed by atoms with Crippen LogP contribution >= 0.6 is 46.6 Å². The van der Waals surface area contributed by atoms with Gasteiger partial charge >= 0.3 is 0 Å². The average Bonchev–Trinajstić information content (AvgIpc) is 2.97. The van der Waals surface area contributed by atoms with E-state index in [1.54, 1.807) is 36.4 Å². The van der Waals surface area contributed by atoms with E-state index in [1.165, 1.54) is 17.8 Å². The van der Waals surface area contributed by atoms with Gasteiger partial charge in [0.1, 0.15) is 10.6 Å². The molecule has 1 N–H and O–H groups in total. The predicted octanol–water partition coefficient (Wildman–Crippen LogP) is 7.25. The lowest BCUT2D eigenvalue weighted by molar-refractivity contribution is -0.120. The molecule has 0 fully saturated rings. The van der Waals surface area contributed by atoms with Crippen molar-refractivity contribution in [1.82, 2.24) is 0 Å². The zero-order valence-electron chi connectivity index (χ0n) is 17.1. The Morgan fingerprint density at radius 1 is 0.844 bits per heavy atom. The number of nitrogens with zero attached hydrogens (tertiary/aromatic N) is 1. The Hall–Kier alpha value is -2.44. The zero-order chi connectivity index (χ0) is 23.0. The highest BCUT2D eigenvalue weighted by molar-refractivity contribution is 8.04. The minimum atomic E-state index is -0.489. The van der Waals surface area contributed by atoms with E-state index in [9.17, 15) is 9.59 Å². The fourth-order valence-electron chi connectivity index (χ4n) is 3.24. The fraction of sp³-hybridized carbons (Fsp3) is 0.0833. The van der Waals surface area contributed by atoms with Crippen molar-refractivity contribution < 1.29 is 9.59 Å². The number of aryl methyl sites for hydroxylation is 1. The molecule has 0 aliphatic carbocycles. The molecule has 1 aliphatic rings. The topological polar surface area (TPSA) is 49.4 Å². The van der Waals surface area contributed by atoms with Gasteiger partial charge in [-0.2, -0.15) is 0 Å². The first kappa shape index (κ1) is 22.7. The second kappa shape index (κ2) is 9.20. The SMILES string of the molecule is Cc1cccc(NC2=C(Sc3ccc(Cl)cc3)C(=O)N(c3ccc(Cl)cc3Cl)C2=O)c1C. The summed E-state index contributed by atoms with van der Waals surface area (Å²) in [6.07, 6.45) is 0. The summed E-state index contributed by atoms with van der Waals surface area (Å²) in [5, 5.41) is 4.40. The van der Waals surface area contributed by atoms with E-state index in [1.807, 2.05) is 32.0 Å². The van der Waals surface area contributed by atoms with Crippen LogP contribution in [0.4, 0.5) is 11.4 Å². The van der Waals surface area contributed by atoms with Gasteiger partial charge in [-0.1, -0.05) is 58.7 Å². The molecule has 4 nitrogen and oxygen atoms in total. The van der Waals surface area contributed by atoms with Crippen LogP contribution in [0, 0.1) is 13.8 Å². The van der Waals surface area contributed by atoms with E-state index in [0.717, 1.165) is 26.6 Å². The fourth-order valence-corrected chi connectivity index (χ4v) is 4.78. The van der Waals surface area contributed by atoms with Gasteiger partial charge < -0.3 is 5.32 Å². The van der Waals surface area contributed by atoms with Crippen LogP contribution in [-0.2, 0) is 9.59 Å². The highest BCUT2D eigenvalue weighted by atomic mass is 35.5. The molecule has 3 aromatic rings. The second-order valence-electron chi connectivity index (χ2n) is 7.17. The van der Waals surface area contributed by atoms with Gasteiger partial charge in [-0.15, -0.1) is 0 Å². The molecule has 0 spiro atoms. The molecule has 162 valence electrons. The molecule has 1 heterocycles. The van der Waals surface area contributed by atoms with Gasteiger partial charge in [-0.05, 0) is 73.5 Å². The lowest BCUT2D eigenvalue weighted by atomic mass is 10.1. The van der Waals surface area contributed by atoms with E-state index in [2.05, 4.69) is 5.32 Å². The Balaban J connectivity index is 1.79. The molecule has 0 atom stereocenters. The molecule has 32 heavy (non-hydrogen) atoms. The number of imide groups is 1. The maximum absolute atomic E-state index is 13.5. The highest BCUT2D eigenvalue weighted by Gasteiger charge is 2.41. The molecule has 8 heteroatoms. The largest absolute Gasteiger partial charge is 0.350 e. The van der Waals surface area contributed by atoms with Crippen molar-refractivity contribution in [3.05, 3.63) is 97.5 Å². The summed E-state index contributed by atoms with van der Waals surface area (Å²) in [5.41, 5.74) is 3.27. The monoisotopic (exact) mass is 502 g/mol. The van der Waals surface area contributed by atoms with Crippen LogP contribution in [-0.4, -0.2) is 11.8 Å². The minimum absolute atomic E-state index is 0.190. The van der Waals surface area contributed by atoms with Crippen LogP contribution < -0.4 is 10.2 Å². The van der Waals surface area contributed by atoms with Gasteiger partial charge in [-0.25, -0.2) is 4.90 Å². The summed E-state index contributed by atoms with van der Waals surface area (Å²) in [4.78, 5) is 29.0. The first-order chi connectivity index (χ1) is 15.3. The smallest absolute Gasteiger partial charge is 0.283 e. The number of thioether (sulfide) groups is 1. The van der Waals surface area contributed by atoms with Gasteiger partial charge in [0.05, 0.1) is 10.7 Å². The van der Waals surface area contributed by atoms with E-state index in [-0.39, 0.29) is 21.3 Å². The van der Waals surface area contributed by atoms with E-state index < -0.39 is 11.8 Å². The Bertz CT molecular complexity index is 1270. The normalized spacial score (nSPS) is 13.8. The Labute approximate surface area is 205 Å². The molecule has 4 rings (SSSR count). The Kier molecular flexibility index (Phi) is 6.54. The third kappa shape index (κ3) is 4.39. The van der Waals surface area contributed by atoms with Crippen molar-refractivity contribution in [3.63, 3.8) is 0 Å². The minimum Gasteiger partial charge on any atom is -0.350 e. The van der Waals surface area contributed by atoms with Gasteiger partial charge in [0, 0.05) is 20.6 Å². The first-order valence-electron chi connectivity index (χ1n) is 9.61. The summed E-state index contributed by atoms with van der Waals surface area (Å²) in [6.45, 7) is 3.94. The summed E-state index contributed by atoms with van der Waals surface area (Å²) in [5.74, 6) is -0.955. The number of carbonyl (C=O) groups excluding carboxylic acids is 2. The maximum Gasteiger partial charge on any atom is 0.283 e. The quantitative estimate of drug-likeness (QED) is 0.372. The van der Waals surface area contributed by atoms with Gasteiger partial charge in [0.15, 0.2) is 0 Å². The zero-order valence-corrected chi connectivity index (χ0v) is 20.2. The maximum atomic E-state index is 13.5. The number of halogens is 3. The summed E-state index contributed by atoms with van der Waals surface area (Å²) < 4.78 is 0. The van der Waals surface area contributed by atoms with E-state index in [0.29, 0.717) is 10.0 Å². The molecule has 0 saturated heterocycles. The molecule has 0 aromatic heterocycles. The van der Waals surface area contributed by atoms with Gasteiger partial charge in [0.25, 0.3) is 11.8 Å². The predicted molar refractivity (Wildman–Crippen MR) is 133 cm³/mol. The van der Waals surface area contributed by atoms with Crippen molar-refractivity contribution in [3.8, 4) is 0 Å². The number of rotatable bonds is 5. The molecule has 0 radical (unpaired) electrons. The number of hydrogen-bond donors (Lipinski definition) is 1. The van der Waals surface area contributed by atoms with Crippen LogP contribution in [0.2, 0.25) is 15.1 Å². The number of amides is 2. The Morgan fingerprint density at radius 2 is 1.53 bits per heavy atom. The van der Waals surface area contributed by atoms with Crippen molar-refractivity contribution in [1.29, 1.82) is 0 Å². The molecule has 0 bridgehead atoms. The third-order valence-corrected chi connectivity index (χ3v) is 6.97. The van der Waals surface area contributed by atoms with E-state index in [4.69, 9.17) is 34.8 Å². The molecule has 0 unspecified atom stereocenters. The van der Waals surface area contributed by atoms with Crippen molar-refractivity contribution in [2.24, 2.45) is 0 Å². The summed E-state index contributed by atoms with van der Waals surface area (Å²) in [7, 11) is 0. The van der Waals surface area contributed by atoms with Crippen LogP contribution in [0.15, 0.2) is 76.2 Å². The van der Waals surface area contributed by atoms with Crippen LogP contribution in [0.25, 0.3) is 0 Å². The van der Waals surface area contributed by atoms with Crippen LogP contribution in [0.5, 0.6) is 0 Å². The van der Waals surface area contributed by atoms with Crippen LogP contribution in [0.1, 0.15) is 11.1 Å². The number of hydrogen-bond acceptors (Lipinski definition) is 4. The molecule has 2 amide bonds. The number of nitrogens with one attached hydrogen (secondary N) is 1. The molecular weight excluding hydrogens is 487 g/mol. The number of anilines is 2. The third-order valence-electron chi connectivity index (χ3n) is 5.09. The molecule has 1 aliphatic heterocycles. The lowest BCUT2D eigenvalue weighted by Crippen LogP contribution is -2.32. The van der Waals surface area contributed by atoms with Crippen LogP contribution in [0.3, 0.4) is 0 Å².